The van der Waals surface area contributed by atoms with Gasteiger partial charge in [0.1, 0.15) is 5.75 Å². The minimum absolute atomic E-state index is 0.114. The maximum absolute atomic E-state index is 12.6. The highest BCUT2D eigenvalue weighted by molar-refractivity contribution is 7.99. The highest BCUT2D eigenvalue weighted by atomic mass is 32.2. The van der Waals surface area contributed by atoms with Crippen molar-refractivity contribution in [3.05, 3.63) is 78.9 Å². The largest absolute Gasteiger partial charge is 0.497 e. The van der Waals surface area contributed by atoms with E-state index in [1.165, 1.54) is 19.2 Å². The number of nitrogens with zero attached hydrogens (tertiary/aromatic N) is 2. The van der Waals surface area contributed by atoms with Gasteiger partial charge in [0, 0.05) is 16.9 Å². The number of sulfonamides is 1. The number of carbonyl (C=O) groups is 1. The Hall–Kier alpha value is -3.83. The number of aromatic nitrogens is 2. The molecule has 0 spiro atoms. The van der Waals surface area contributed by atoms with E-state index < -0.39 is 10.0 Å². The minimum atomic E-state index is -3.75. The van der Waals surface area contributed by atoms with Crippen molar-refractivity contribution in [1.29, 1.82) is 0 Å². The second-order valence-corrected chi connectivity index (χ2v) is 9.54. The van der Waals surface area contributed by atoms with E-state index in [-0.39, 0.29) is 27.7 Å². The molecule has 1 amide bonds. The van der Waals surface area contributed by atoms with Crippen LogP contribution in [-0.4, -0.2) is 37.4 Å². The molecule has 0 unspecified atom stereocenters. The topological polar surface area (TPSA) is 123 Å². The normalized spacial score (nSPS) is 11.1. The first kappa shape index (κ1) is 23.3. The number of carbonyl (C=O) groups excluding carboxylic acids is 1. The minimum Gasteiger partial charge on any atom is -0.497 e. The molecule has 0 aliphatic rings. The molecule has 1 heterocycles. The maximum Gasteiger partial charge on any atom is 0.277 e. The molecule has 4 rings (SSSR count). The fourth-order valence-electron chi connectivity index (χ4n) is 2.88. The Labute approximate surface area is 200 Å². The molecule has 0 fully saturated rings. The first-order valence-electron chi connectivity index (χ1n) is 10.0. The van der Waals surface area contributed by atoms with Crippen LogP contribution in [0.5, 0.6) is 5.75 Å². The lowest BCUT2D eigenvalue weighted by molar-refractivity contribution is -0.113. The summed E-state index contributed by atoms with van der Waals surface area (Å²) in [4.78, 5) is 12.2. The van der Waals surface area contributed by atoms with E-state index in [1.54, 1.807) is 48.5 Å². The maximum atomic E-state index is 12.6. The van der Waals surface area contributed by atoms with Crippen molar-refractivity contribution in [2.24, 2.45) is 0 Å². The van der Waals surface area contributed by atoms with Crippen molar-refractivity contribution in [1.82, 2.24) is 10.2 Å². The Morgan fingerprint density at radius 2 is 1.65 bits per heavy atom. The van der Waals surface area contributed by atoms with Gasteiger partial charge in [0.25, 0.3) is 15.2 Å². The molecule has 0 aliphatic carbocycles. The summed E-state index contributed by atoms with van der Waals surface area (Å²) in [6.45, 7) is 0. The third kappa shape index (κ3) is 5.94. The summed E-state index contributed by atoms with van der Waals surface area (Å²) >= 11 is 1.12. The van der Waals surface area contributed by atoms with Gasteiger partial charge in [-0.25, -0.2) is 8.42 Å². The smallest absolute Gasteiger partial charge is 0.277 e. The molecule has 174 valence electrons. The van der Waals surface area contributed by atoms with Crippen molar-refractivity contribution >= 4 is 39.1 Å². The van der Waals surface area contributed by atoms with Crippen LogP contribution in [-0.2, 0) is 14.8 Å². The molecular weight excluding hydrogens is 476 g/mol. The Morgan fingerprint density at radius 1 is 0.941 bits per heavy atom. The summed E-state index contributed by atoms with van der Waals surface area (Å²) in [5.74, 6) is 0.750. The third-order valence-electron chi connectivity index (χ3n) is 4.54. The molecule has 0 bridgehead atoms. The lowest BCUT2D eigenvalue weighted by atomic mass is 10.2. The lowest BCUT2D eigenvalue weighted by Gasteiger charge is -2.09. The molecule has 1 aromatic heterocycles. The number of benzene rings is 3. The Balaban J connectivity index is 1.35. The number of hydrogen-bond acceptors (Lipinski definition) is 8. The molecule has 0 radical (unpaired) electrons. The average Bonchev–Trinajstić information content (AvgIpc) is 3.33. The van der Waals surface area contributed by atoms with Crippen LogP contribution in [0.1, 0.15) is 0 Å². The van der Waals surface area contributed by atoms with Gasteiger partial charge >= 0.3 is 0 Å². The zero-order chi connectivity index (χ0) is 24.0. The number of rotatable bonds is 9. The molecular formula is C23H20N4O5S2. The van der Waals surface area contributed by atoms with Crippen molar-refractivity contribution in [2.75, 3.05) is 22.9 Å². The Kier molecular flexibility index (Phi) is 7.14. The monoisotopic (exact) mass is 496 g/mol. The molecule has 0 atom stereocenters. The van der Waals surface area contributed by atoms with E-state index in [1.807, 2.05) is 18.2 Å². The van der Waals surface area contributed by atoms with E-state index in [9.17, 15) is 13.2 Å². The summed E-state index contributed by atoms with van der Waals surface area (Å²) in [5.41, 5.74) is 1.70. The second kappa shape index (κ2) is 10.4. The third-order valence-corrected chi connectivity index (χ3v) is 6.76. The molecule has 4 aromatic rings. The van der Waals surface area contributed by atoms with Crippen LogP contribution in [0.2, 0.25) is 0 Å². The average molecular weight is 497 g/mol. The summed E-state index contributed by atoms with van der Waals surface area (Å²) in [6, 6.07) is 21.7. The van der Waals surface area contributed by atoms with Crippen molar-refractivity contribution in [2.45, 2.75) is 10.1 Å². The van der Waals surface area contributed by atoms with Crippen LogP contribution in [0.4, 0.5) is 11.4 Å². The molecule has 0 saturated carbocycles. The first-order chi connectivity index (χ1) is 16.4. The lowest BCUT2D eigenvalue weighted by Crippen LogP contribution is -2.13. The van der Waals surface area contributed by atoms with E-state index in [2.05, 4.69) is 20.2 Å². The number of amides is 1. The molecule has 9 nitrogen and oxygen atoms in total. The second-order valence-electron chi connectivity index (χ2n) is 6.93. The van der Waals surface area contributed by atoms with Crippen molar-refractivity contribution < 1.29 is 22.4 Å². The number of anilines is 2. The van der Waals surface area contributed by atoms with Crippen LogP contribution >= 0.6 is 11.8 Å². The number of methoxy groups -OCH3 is 1. The molecule has 2 N–H and O–H groups in total. The van der Waals surface area contributed by atoms with Gasteiger partial charge in [0.15, 0.2) is 0 Å². The van der Waals surface area contributed by atoms with Crippen LogP contribution in [0.25, 0.3) is 11.5 Å². The van der Waals surface area contributed by atoms with E-state index in [4.69, 9.17) is 9.15 Å². The summed E-state index contributed by atoms with van der Waals surface area (Å²) < 4.78 is 38.3. The van der Waals surface area contributed by atoms with E-state index in [0.29, 0.717) is 22.7 Å². The van der Waals surface area contributed by atoms with Gasteiger partial charge in [-0.1, -0.05) is 30.0 Å². The Morgan fingerprint density at radius 3 is 2.32 bits per heavy atom. The van der Waals surface area contributed by atoms with Crippen LogP contribution in [0, 0.1) is 0 Å². The van der Waals surface area contributed by atoms with Gasteiger partial charge in [0.2, 0.25) is 11.8 Å². The fraction of sp³-hybridized carbons (Fsp3) is 0.0870. The van der Waals surface area contributed by atoms with Gasteiger partial charge in [-0.3, -0.25) is 9.52 Å². The van der Waals surface area contributed by atoms with Crippen LogP contribution in [0.3, 0.4) is 0 Å². The summed E-state index contributed by atoms with van der Waals surface area (Å²) in [6.07, 6.45) is 0. The Bertz CT molecular complexity index is 1360. The van der Waals surface area contributed by atoms with Gasteiger partial charge in [-0.2, -0.15) is 0 Å². The zero-order valence-corrected chi connectivity index (χ0v) is 19.6. The number of para-hydroxylation sites is 1. The summed E-state index contributed by atoms with van der Waals surface area (Å²) in [5, 5.41) is 11.0. The van der Waals surface area contributed by atoms with E-state index >= 15 is 0 Å². The molecule has 3 aromatic carbocycles. The van der Waals surface area contributed by atoms with Gasteiger partial charge in [-0.15, -0.1) is 10.2 Å². The van der Waals surface area contributed by atoms with Crippen molar-refractivity contribution in [3.63, 3.8) is 0 Å². The van der Waals surface area contributed by atoms with Gasteiger partial charge < -0.3 is 14.5 Å². The zero-order valence-electron chi connectivity index (χ0n) is 18.0. The highest BCUT2D eigenvalue weighted by Gasteiger charge is 2.15. The van der Waals surface area contributed by atoms with E-state index in [0.717, 1.165) is 11.8 Å². The fourth-order valence-corrected chi connectivity index (χ4v) is 4.50. The predicted molar refractivity (Wildman–Crippen MR) is 129 cm³/mol. The molecule has 0 saturated heterocycles. The number of hydrogen-bond donors (Lipinski definition) is 2. The SMILES string of the molecule is COc1ccc(S(=O)(=O)Nc2ccc(-c3nnc(SCC(=O)Nc4ccccc4)o3)cc2)cc1. The number of nitrogens with one attached hydrogen (secondary N) is 2. The van der Waals surface area contributed by atoms with Crippen molar-refractivity contribution in [3.8, 4) is 17.2 Å². The van der Waals surface area contributed by atoms with Gasteiger partial charge in [0.05, 0.1) is 17.8 Å². The molecule has 11 heteroatoms. The molecule has 0 aliphatic heterocycles. The summed E-state index contributed by atoms with van der Waals surface area (Å²) in [7, 11) is -2.24. The van der Waals surface area contributed by atoms with Gasteiger partial charge in [-0.05, 0) is 60.7 Å². The quantitative estimate of drug-likeness (QED) is 0.329. The molecule has 34 heavy (non-hydrogen) atoms. The first-order valence-corrected chi connectivity index (χ1v) is 12.5. The highest BCUT2D eigenvalue weighted by Crippen LogP contribution is 2.26. The predicted octanol–water partition coefficient (Wildman–Crippen LogP) is 4.28. The van der Waals surface area contributed by atoms with Crippen LogP contribution in [0.15, 0.2) is 93.4 Å². The standard InChI is InChI=1S/C23H20N4O5S2/c1-31-19-11-13-20(14-12-19)34(29,30)27-18-9-7-16(8-10-18)22-25-26-23(32-22)33-15-21(28)24-17-5-3-2-4-6-17/h2-14,27H,15H2,1H3,(H,24,28). The van der Waals surface area contributed by atoms with Crippen LogP contribution < -0.4 is 14.8 Å². The number of thioether (sulfide) groups is 1. The number of ether oxygens (including phenoxy) is 1.